The third kappa shape index (κ3) is 2.79. The fourth-order valence-electron chi connectivity index (χ4n) is 1.11. The Morgan fingerprint density at radius 3 is 2.69 bits per heavy atom. The number of nitrogens with two attached hydrogens (primary N) is 1. The molecule has 0 atom stereocenters. The van der Waals surface area contributed by atoms with E-state index in [0.29, 0.717) is 12.2 Å². The molecule has 0 aliphatic rings. The molecular formula is C10H16N2O. The lowest BCUT2D eigenvalue weighted by atomic mass is 10.0. The molecule has 0 aromatic carbocycles. The molecule has 0 spiro atoms. The van der Waals surface area contributed by atoms with Crippen LogP contribution in [0.2, 0.25) is 0 Å². The van der Waals surface area contributed by atoms with E-state index in [1.54, 1.807) is 13.8 Å². The largest absolute Gasteiger partial charge is 0.384 e. The van der Waals surface area contributed by atoms with Crippen molar-refractivity contribution in [3.8, 4) is 0 Å². The summed E-state index contributed by atoms with van der Waals surface area (Å²) in [6, 6.07) is 5.63. The highest BCUT2D eigenvalue weighted by Gasteiger charge is 2.17. The monoisotopic (exact) mass is 180 g/mol. The van der Waals surface area contributed by atoms with Gasteiger partial charge in [-0.25, -0.2) is 0 Å². The number of nitrogens with zero attached hydrogens (tertiary/aromatic N) is 1. The van der Waals surface area contributed by atoms with E-state index < -0.39 is 5.60 Å². The molecule has 1 heterocycles. The number of hydrogen-bond donors (Lipinski definition) is 2. The van der Waals surface area contributed by atoms with Gasteiger partial charge in [0, 0.05) is 12.1 Å². The molecule has 3 N–H and O–H groups in total. The van der Waals surface area contributed by atoms with Gasteiger partial charge in [0.2, 0.25) is 0 Å². The number of aromatic nitrogens is 1. The number of hydrogen-bond acceptors (Lipinski definition) is 3. The van der Waals surface area contributed by atoms with E-state index >= 15 is 0 Å². The average Bonchev–Trinajstić information content (AvgIpc) is 2.04. The zero-order chi connectivity index (χ0) is 9.90. The van der Waals surface area contributed by atoms with Crippen molar-refractivity contribution < 1.29 is 5.11 Å². The van der Waals surface area contributed by atoms with Crippen molar-refractivity contribution in [1.29, 1.82) is 0 Å². The smallest absolute Gasteiger partial charge is 0.101 e. The predicted molar refractivity (Wildman–Crippen MR) is 52.2 cm³/mol. The highest BCUT2D eigenvalue weighted by Crippen LogP contribution is 2.16. The second-order valence-corrected chi connectivity index (χ2v) is 3.61. The second kappa shape index (κ2) is 3.85. The SMILES string of the molecule is CC(C)(O)c1cccc(CCN)n1. The Bertz CT molecular complexity index is 278. The molecular weight excluding hydrogens is 164 g/mol. The van der Waals surface area contributed by atoms with E-state index in [-0.39, 0.29) is 0 Å². The zero-order valence-electron chi connectivity index (χ0n) is 8.12. The van der Waals surface area contributed by atoms with E-state index in [1.807, 2.05) is 18.2 Å². The maximum absolute atomic E-state index is 9.69. The lowest BCUT2D eigenvalue weighted by molar-refractivity contribution is 0.0736. The van der Waals surface area contributed by atoms with E-state index in [1.165, 1.54) is 0 Å². The van der Waals surface area contributed by atoms with Crippen molar-refractivity contribution in [3.63, 3.8) is 0 Å². The van der Waals surface area contributed by atoms with Gasteiger partial charge in [-0.3, -0.25) is 4.98 Å². The quantitative estimate of drug-likeness (QED) is 0.723. The molecule has 72 valence electrons. The van der Waals surface area contributed by atoms with Crippen LogP contribution in [0.25, 0.3) is 0 Å². The predicted octanol–water partition coefficient (Wildman–Crippen LogP) is 0.810. The van der Waals surface area contributed by atoms with Crippen molar-refractivity contribution in [1.82, 2.24) is 4.98 Å². The molecule has 0 fully saturated rings. The molecule has 1 aromatic rings. The molecule has 0 saturated carbocycles. The first kappa shape index (κ1) is 10.2. The summed E-state index contributed by atoms with van der Waals surface area (Å²) in [4.78, 5) is 4.30. The van der Waals surface area contributed by atoms with Crippen molar-refractivity contribution in [2.75, 3.05) is 6.54 Å². The van der Waals surface area contributed by atoms with Crippen LogP contribution >= 0.6 is 0 Å². The normalized spacial score (nSPS) is 11.7. The minimum absolute atomic E-state index is 0.586. The fraction of sp³-hybridized carbons (Fsp3) is 0.500. The average molecular weight is 180 g/mol. The van der Waals surface area contributed by atoms with Crippen molar-refractivity contribution in [2.45, 2.75) is 25.9 Å². The van der Waals surface area contributed by atoms with E-state index in [0.717, 1.165) is 12.1 Å². The lowest BCUT2D eigenvalue weighted by Crippen LogP contribution is -2.18. The lowest BCUT2D eigenvalue weighted by Gasteiger charge is -2.16. The van der Waals surface area contributed by atoms with Crippen molar-refractivity contribution >= 4 is 0 Å². The second-order valence-electron chi connectivity index (χ2n) is 3.61. The van der Waals surface area contributed by atoms with Gasteiger partial charge in [0.25, 0.3) is 0 Å². The maximum atomic E-state index is 9.69. The van der Waals surface area contributed by atoms with Crippen LogP contribution in [0.5, 0.6) is 0 Å². The van der Waals surface area contributed by atoms with Gasteiger partial charge in [-0.1, -0.05) is 6.07 Å². The molecule has 0 radical (unpaired) electrons. The highest BCUT2D eigenvalue weighted by molar-refractivity contribution is 5.15. The Kier molecular flexibility index (Phi) is 3.01. The Hall–Kier alpha value is -0.930. The summed E-state index contributed by atoms with van der Waals surface area (Å²) < 4.78 is 0. The molecule has 0 saturated heterocycles. The van der Waals surface area contributed by atoms with E-state index in [4.69, 9.17) is 5.73 Å². The van der Waals surface area contributed by atoms with Gasteiger partial charge in [-0.2, -0.15) is 0 Å². The van der Waals surface area contributed by atoms with Gasteiger partial charge in [0.15, 0.2) is 0 Å². The Labute approximate surface area is 78.6 Å². The van der Waals surface area contributed by atoms with Crippen LogP contribution < -0.4 is 5.73 Å². The minimum Gasteiger partial charge on any atom is -0.384 e. The number of rotatable bonds is 3. The molecule has 0 unspecified atom stereocenters. The van der Waals surface area contributed by atoms with Crippen LogP contribution in [0.1, 0.15) is 25.2 Å². The zero-order valence-corrected chi connectivity index (χ0v) is 8.12. The maximum Gasteiger partial charge on any atom is 0.101 e. The molecule has 3 heteroatoms. The first-order valence-corrected chi connectivity index (χ1v) is 4.43. The topological polar surface area (TPSA) is 59.1 Å². The van der Waals surface area contributed by atoms with E-state index in [9.17, 15) is 5.11 Å². The van der Waals surface area contributed by atoms with Gasteiger partial charge in [0.05, 0.1) is 5.69 Å². The Morgan fingerprint density at radius 1 is 1.46 bits per heavy atom. The first-order chi connectivity index (χ1) is 6.04. The molecule has 0 amide bonds. The summed E-state index contributed by atoms with van der Waals surface area (Å²) in [6.07, 6.45) is 0.754. The molecule has 13 heavy (non-hydrogen) atoms. The van der Waals surface area contributed by atoms with Crippen LogP contribution in [-0.2, 0) is 12.0 Å². The van der Waals surface area contributed by atoms with Gasteiger partial charge in [0.1, 0.15) is 5.60 Å². The van der Waals surface area contributed by atoms with Gasteiger partial charge < -0.3 is 10.8 Å². The van der Waals surface area contributed by atoms with Crippen LogP contribution in [0, 0.1) is 0 Å². The standard InChI is InChI=1S/C10H16N2O/c1-10(2,13)9-5-3-4-8(12-9)6-7-11/h3-5,13H,6-7,11H2,1-2H3. The van der Waals surface area contributed by atoms with Gasteiger partial charge >= 0.3 is 0 Å². The summed E-state index contributed by atoms with van der Waals surface area (Å²) in [7, 11) is 0. The molecule has 0 bridgehead atoms. The van der Waals surface area contributed by atoms with Crippen molar-refractivity contribution in [2.24, 2.45) is 5.73 Å². The van der Waals surface area contributed by atoms with Crippen LogP contribution in [0.15, 0.2) is 18.2 Å². The molecule has 0 aliphatic carbocycles. The fourth-order valence-corrected chi connectivity index (χ4v) is 1.11. The Balaban J connectivity index is 2.92. The van der Waals surface area contributed by atoms with Crippen LogP contribution in [0.4, 0.5) is 0 Å². The van der Waals surface area contributed by atoms with Crippen molar-refractivity contribution in [3.05, 3.63) is 29.6 Å². The molecule has 3 nitrogen and oxygen atoms in total. The summed E-state index contributed by atoms with van der Waals surface area (Å²) in [5.74, 6) is 0. The molecule has 1 rings (SSSR count). The highest BCUT2D eigenvalue weighted by atomic mass is 16.3. The van der Waals surface area contributed by atoms with Gasteiger partial charge in [-0.15, -0.1) is 0 Å². The minimum atomic E-state index is -0.870. The molecule has 1 aromatic heterocycles. The third-order valence-corrected chi connectivity index (χ3v) is 1.83. The summed E-state index contributed by atoms with van der Waals surface area (Å²) in [6.45, 7) is 4.03. The van der Waals surface area contributed by atoms with E-state index in [2.05, 4.69) is 4.98 Å². The number of aliphatic hydroxyl groups is 1. The van der Waals surface area contributed by atoms with Gasteiger partial charge in [-0.05, 0) is 32.5 Å². The molecule has 0 aliphatic heterocycles. The summed E-state index contributed by atoms with van der Waals surface area (Å²) in [5.41, 5.74) is 6.17. The Morgan fingerprint density at radius 2 is 2.15 bits per heavy atom. The summed E-state index contributed by atoms with van der Waals surface area (Å²) >= 11 is 0. The summed E-state index contributed by atoms with van der Waals surface area (Å²) in [5, 5.41) is 9.69. The van der Waals surface area contributed by atoms with Crippen LogP contribution in [0.3, 0.4) is 0 Å². The first-order valence-electron chi connectivity index (χ1n) is 4.43. The number of pyridine rings is 1. The van der Waals surface area contributed by atoms with Crippen LogP contribution in [-0.4, -0.2) is 16.6 Å². The third-order valence-electron chi connectivity index (χ3n) is 1.83.